The lowest BCUT2D eigenvalue weighted by Crippen LogP contribution is -2.47. The molecule has 2 aliphatic rings. The third-order valence-electron chi connectivity index (χ3n) is 8.32. The van der Waals surface area contributed by atoms with E-state index in [0.717, 1.165) is 74.8 Å². The average Bonchev–Trinajstić information content (AvgIpc) is 2.98. The Balaban J connectivity index is 1.18. The number of piperazine rings is 1. The lowest BCUT2D eigenvalue weighted by molar-refractivity contribution is 0.276. The molecule has 0 spiro atoms. The molecule has 0 unspecified atom stereocenters. The van der Waals surface area contributed by atoms with Crippen LogP contribution in [0.3, 0.4) is 0 Å². The van der Waals surface area contributed by atoms with E-state index >= 15 is 0 Å². The molecule has 5 nitrogen and oxygen atoms in total. The number of fused-ring (bicyclic) bond motifs is 1. The first-order valence-electron chi connectivity index (χ1n) is 14.7. The summed E-state index contributed by atoms with van der Waals surface area (Å²) in [5.74, 6) is 3.37. The van der Waals surface area contributed by atoms with Crippen LogP contribution in [0, 0.1) is 5.92 Å². The SMILES string of the molecule is COc1ccc(N2CCN(CC3=C(C)c4ccc(OCc5ccc(CC(C)C)cc5OC)cc4CC3)CC2)cc1. The molecular formula is C35H44N2O3. The summed E-state index contributed by atoms with van der Waals surface area (Å²) in [5.41, 5.74) is 9.45. The summed E-state index contributed by atoms with van der Waals surface area (Å²) in [6.07, 6.45) is 3.24. The van der Waals surface area contributed by atoms with Gasteiger partial charge in [0, 0.05) is 44.0 Å². The number of ether oxygens (including phenoxy) is 3. The van der Waals surface area contributed by atoms with Gasteiger partial charge in [-0.25, -0.2) is 0 Å². The molecule has 5 rings (SSSR count). The molecule has 0 atom stereocenters. The van der Waals surface area contributed by atoms with E-state index in [2.05, 4.69) is 79.1 Å². The summed E-state index contributed by atoms with van der Waals surface area (Å²) in [4.78, 5) is 5.09. The molecule has 0 saturated carbocycles. The van der Waals surface area contributed by atoms with Crippen LogP contribution in [-0.4, -0.2) is 51.8 Å². The Morgan fingerprint density at radius 2 is 1.55 bits per heavy atom. The maximum absolute atomic E-state index is 6.25. The van der Waals surface area contributed by atoms with Crippen molar-refractivity contribution in [2.24, 2.45) is 5.92 Å². The van der Waals surface area contributed by atoms with E-state index in [4.69, 9.17) is 14.2 Å². The Hall–Kier alpha value is -3.44. The summed E-state index contributed by atoms with van der Waals surface area (Å²) in [6.45, 7) is 12.6. The zero-order valence-corrected chi connectivity index (χ0v) is 24.8. The maximum atomic E-state index is 6.25. The molecule has 0 aromatic heterocycles. The van der Waals surface area contributed by atoms with E-state index in [1.54, 1.807) is 19.8 Å². The molecule has 5 heteroatoms. The van der Waals surface area contributed by atoms with Crippen molar-refractivity contribution in [3.05, 3.63) is 88.5 Å². The first-order chi connectivity index (χ1) is 19.4. The van der Waals surface area contributed by atoms with Crippen molar-refractivity contribution in [3.63, 3.8) is 0 Å². The lowest BCUT2D eigenvalue weighted by atomic mass is 9.86. The average molecular weight is 541 g/mol. The van der Waals surface area contributed by atoms with Crippen molar-refractivity contribution < 1.29 is 14.2 Å². The van der Waals surface area contributed by atoms with Gasteiger partial charge in [-0.15, -0.1) is 0 Å². The predicted octanol–water partition coefficient (Wildman–Crippen LogP) is 7.02. The first kappa shape index (κ1) is 28.1. The minimum Gasteiger partial charge on any atom is -0.497 e. The van der Waals surface area contributed by atoms with E-state index in [9.17, 15) is 0 Å². The standard InChI is InChI=1S/C35H44N2O3/c1-25(2)20-27-6-7-30(35(21-27)39-5)24-40-33-14-15-34-26(3)29(9-8-28(34)22-33)23-36-16-18-37(19-17-36)31-10-12-32(38-4)13-11-31/h6-7,10-15,21-22,25H,8-9,16-20,23-24H2,1-5H3. The topological polar surface area (TPSA) is 34.2 Å². The van der Waals surface area contributed by atoms with E-state index in [-0.39, 0.29) is 0 Å². The summed E-state index contributed by atoms with van der Waals surface area (Å²) in [5, 5.41) is 0. The van der Waals surface area contributed by atoms with Crippen LogP contribution in [0.2, 0.25) is 0 Å². The summed E-state index contributed by atoms with van der Waals surface area (Å²) in [6, 6.07) is 21.5. The van der Waals surface area contributed by atoms with Crippen molar-refractivity contribution >= 4 is 11.3 Å². The van der Waals surface area contributed by atoms with Gasteiger partial charge in [-0.3, -0.25) is 4.90 Å². The van der Waals surface area contributed by atoms with Crippen molar-refractivity contribution in [2.75, 3.05) is 51.8 Å². The Morgan fingerprint density at radius 3 is 2.25 bits per heavy atom. The predicted molar refractivity (Wildman–Crippen MR) is 165 cm³/mol. The van der Waals surface area contributed by atoms with Gasteiger partial charge in [-0.2, -0.15) is 0 Å². The quantitative estimate of drug-likeness (QED) is 0.276. The molecule has 0 radical (unpaired) electrons. The number of nitrogens with zero attached hydrogens (tertiary/aromatic N) is 2. The minimum atomic E-state index is 0.506. The fourth-order valence-electron chi connectivity index (χ4n) is 5.99. The van der Waals surface area contributed by atoms with E-state index in [0.29, 0.717) is 12.5 Å². The number of methoxy groups -OCH3 is 2. The third-order valence-corrected chi connectivity index (χ3v) is 8.32. The second-order valence-corrected chi connectivity index (χ2v) is 11.5. The minimum absolute atomic E-state index is 0.506. The Kier molecular flexibility index (Phi) is 9.01. The molecule has 0 bridgehead atoms. The Labute approximate surface area is 240 Å². The molecule has 3 aromatic carbocycles. The lowest BCUT2D eigenvalue weighted by Gasteiger charge is -2.37. The molecule has 1 fully saturated rings. The van der Waals surface area contributed by atoms with Crippen molar-refractivity contribution in [1.82, 2.24) is 4.90 Å². The van der Waals surface area contributed by atoms with Gasteiger partial charge in [-0.05, 0) is 96.8 Å². The van der Waals surface area contributed by atoms with Crippen LogP contribution in [-0.2, 0) is 19.4 Å². The molecule has 1 saturated heterocycles. The van der Waals surface area contributed by atoms with Crippen LogP contribution < -0.4 is 19.1 Å². The monoisotopic (exact) mass is 540 g/mol. The highest BCUT2D eigenvalue weighted by molar-refractivity contribution is 5.72. The Bertz CT molecular complexity index is 1320. The van der Waals surface area contributed by atoms with Crippen LogP contribution >= 0.6 is 0 Å². The zero-order valence-electron chi connectivity index (χ0n) is 24.8. The second-order valence-electron chi connectivity index (χ2n) is 11.5. The highest BCUT2D eigenvalue weighted by Crippen LogP contribution is 2.34. The van der Waals surface area contributed by atoms with Gasteiger partial charge in [0.05, 0.1) is 14.2 Å². The summed E-state index contributed by atoms with van der Waals surface area (Å²) in [7, 11) is 3.46. The summed E-state index contributed by atoms with van der Waals surface area (Å²) < 4.78 is 17.2. The number of aryl methyl sites for hydroxylation is 1. The summed E-state index contributed by atoms with van der Waals surface area (Å²) >= 11 is 0. The van der Waals surface area contributed by atoms with Gasteiger partial charge in [-0.1, -0.05) is 37.6 Å². The van der Waals surface area contributed by atoms with Crippen LogP contribution in [0.5, 0.6) is 17.2 Å². The molecule has 1 aliphatic heterocycles. The van der Waals surface area contributed by atoms with Crippen LogP contribution in [0.15, 0.2) is 66.2 Å². The Morgan fingerprint density at radius 1 is 0.800 bits per heavy atom. The fraction of sp³-hybridized carbons (Fsp3) is 0.429. The van der Waals surface area contributed by atoms with Crippen LogP contribution in [0.1, 0.15) is 49.4 Å². The molecular weight excluding hydrogens is 496 g/mol. The fourth-order valence-corrected chi connectivity index (χ4v) is 5.99. The number of benzene rings is 3. The highest BCUT2D eigenvalue weighted by atomic mass is 16.5. The number of hydrogen-bond acceptors (Lipinski definition) is 5. The largest absolute Gasteiger partial charge is 0.497 e. The van der Waals surface area contributed by atoms with Crippen molar-refractivity contribution in [2.45, 2.75) is 46.6 Å². The van der Waals surface area contributed by atoms with Gasteiger partial charge in [0.15, 0.2) is 0 Å². The first-order valence-corrected chi connectivity index (χ1v) is 14.7. The number of hydrogen-bond donors (Lipinski definition) is 0. The van der Waals surface area contributed by atoms with Crippen molar-refractivity contribution in [1.29, 1.82) is 0 Å². The molecule has 1 aliphatic carbocycles. The molecule has 1 heterocycles. The third kappa shape index (κ3) is 6.64. The smallest absolute Gasteiger partial charge is 0.125 e. The number of anilines is 1. The highest BCUT2D eigenvalue weighted by Gasteiger charge is 2.22. The number of rotatable bonds is 10. The van der Waals surface area contributed by atoms with E-state index in [1.807, 2.05) is 12.1 Å². The van der Waals surface area contributed by atoms with Gasteiger partial charge in [0.1, 0.15) is 23.9 Å². The van der Waals surface area contributed by atoms with E-state index in [1.165, 1.54) is 28.0 Å². The van der Waals surface area contributed by atoms with Crippen LogP contribution in [0.25, 0.3) is 5.57 Å². The van der Waals surface area contributed by atoms with Gasteiger partial charge in [0.2, 0.25) is 0 Å². The van der Waals surface area contributed by atoms with Gasteiger partial charge < -0.3 is 19.1 Å². The molecule has 40 heavy (non-hydrogen) atoms. The van der Waals surface area contributed by atoms with Gasteiger partial charge in [0.25, 0.3) is 0 Å². The molecule has 3 aromatic rings. The second kappa shape index (κ2) is 12.8. The van der Waals surface area contributed by atoms with E-state index < -0.39 is 0 Å². The number of allylic oxidation sites excluding steroid dienone is 1. The van der Waals surface area contributed by atoms with Gasteiger partial charge >= 0.3 is 0 Å². The van der Waals surface area contributed by atoms with Crippen LogP contribution in [0.4, 0.5) is 5.69 Å². The maximum Gasteiger partial charge on any atom is 0.125 e. The zero-order chi connectivity index (χ0) is 28.1. The molecule has 212 valence electrons. The normalized spacial score (nSPS) is 15.8. The molecule has 0 N–H and O–H groups in total. The molecule has 0 amide bonds. The van der Waals surface area contributed by atoms with Crippen molar-refractivity contribution in [3.8, 4) is 17.2 Å².